The first-order valence-electron chi connectivity index (χ1n) is 10.2. The Kier molecular flexibility index (Phi) is 6.69. The van der Waals surface area contributed by atoms with Crippen LogP contribution in [-0.2, 0) is 18.5 Å². The van der Waals surface area contributed by atoms with Crippen LogP contribution in [0.2, 0.25) is 0 Å². The minimum Gasteiger partial charge on any atom is -0.298 e. The fourth-order valence-electron chi connectivity index (χ4n) is 3.39. The predicted molar refractivity (Wildman–Crippen MR) is 123 cm³/mol. The van der Waals surface area contributed by atoms with Crippen LogP contribution < -0.4 is 0 Å². The zero-order chi connectivity index (χ0) is 24.3. The normalized spacial score (nSPS) is 11.5. The summed E-state index contributed by atoms with van der Waals surface area (Å²) in [6, 6.07) is 20.1. The third-order valence-electron chi connectivity index (χ3n) is 5.09. The van der Waals surface area contributed by atoms with Crippen LogP contribution in [0.1, 0.15) is 22.3 Å². The molecule has 10 heteroatoms. The molecule has 4 rings (SSSR count). The molecule has 3 aromatic carbocycles. The number of aromatic nitrogens is 3. The van der Waals surface area contributed by atoms with E-state index in [1.54, 1.807) is 0 Å². The number of benzene rings is 3. The number of thioether (sulfide) groups is 1. The van der Waals surface area contributed by atoms with Crippen molar-refractivity contribution < 1.29 is 18.1 Å². The molecule has 174 valence electrons. The smallest absolute Gasteiger partial charge is 0.298 e. The molecule has 0 aliphatic rings. The Bertz CT molecular complexity index is 1310. The zero-order valence-electron chi connectivity index (χ0n) is 18.0. The molecule has 0 aliphatic carbocycles. The fourth-order valence-corrected chi connectivity index (χ4v) is 4.26. The quantitative estimate of drug-likeness (QED) is 0.170. The molecule has 0 spiro atoms. The Morgan fingerprint density at radius 3 is 2.32 bits per heavy atom. The molecule has 0 fully saturated rings. The fraction of sp³-hybridized carbons (Fsp3) is 0.167. The van der Waals surface area contributed by atoms with Gasteiger partial charge >= 0.3 is 6.18 Å². The standard InChI is InChI=1S/C24H19F3N4O2S/c1-16-7-9-19(10-8-16)22-28-29-23(30(22)14-17-5-3-2-4-6-17)34-15-18-11-20(24(25,26)27)13-21(12-18)31(32)33/h2-13H,14-15H2,1H3. The lowest BCUT2D eigenvalue weighted by molar-refractivity contribution is -0.385. The van der Waals surface area contributed by atoms with Gasteiger partial charge in [0.15, 0.2) is 11.0 Å². The number of hydrogen-bond acceptors (Lipinski definition) is 5. The maximum atomic E-state index is 13.2. The molecule has 34 heavy (non-hydrogen) atoms. The third-order valence-corrected chi connectivity index (χ3v) is 6.13. The van der Waals surface area contributed by atoms with Gasteiger partial charge in [0.05, 0.1) is 17.0 Å². The van der Waals surface area contributed by atoms with Gasteiger partial charge in [-0.3, -0.25) is 14.7 Å². The predicted octanol–water partition coefficient (Wildman–Crippen LogP) is 6.52. The summed E-state index contributed by atoms with van der Waals surface area (Å²) in [7, 11) is 0. The monoisotopic (exact) mass is 484 g/mol. The molecular weight excluding hydrogens is 465 g/mol. The summed E-state index contributed by atoms with van der Waals surface area (Å²) in [5, 5.41) is 20.3. The first-order chi connectivity index (χ1) is 16.2. The van der Waals surface area contributed by atoms with Crippen molar-refractivity contribution in [3.05, 3.63) is 105 Å². The molecular formula is C24H19F3N4O2S. The second-order valence-corrected chi connectivity index (χ2v) is 8.62. The summed E-state index contributed by atoms with van der Waals surface area (Å²) in [6.07, 6.45) is -4.68. The maximum absolute atomic E-state index is 13.2. The van der Waals surface area contributed by atoms with Crippen LogP contribution in [0.25, 0.3) is 11.4 Å². The molecule has 0 radical (unpaired) electrons. The highest BCUT2D eigenvalue weighted by Crippen LogP contribution is 2.34. The largest absolute Gasteiger partial charge is 0.416 e. The first kappa shape index (κ1) is 23.5. The highest BCUT2D eigenvalue weighted by atomic mass is 32.2. The molecule has 6 nitrogen and oxygen atoms in total. The van der Waals surface area contributed by atoms with Gasteiger partial charge in [-0.05, 0) is 24.1 Å². The van der Waals surface area contributed by atoms with E-state index in [1.165, 1.54) is 11.8 Å². The van der Waals surface area contributed by atoms with Crippen LogP contribution in [0.5, 0.6) is 0 Å². The van der Waals surface area contributed by atoms with Gasteiger partial charge < -0.3 is 0 Å². The van der Waals surface area contributed by atoms with E-state index < -0.39 is 22.4 Å². The molecule has 1 aromatic heterocycles. The van der Waals surface area contributed by atoms with Crippen molar-refractivity contribution in [1.82, 2.24) is 14.8 Å². The van der Waals surface area contributed by atoms with Crippen molar-refractivity contribution >= 4 is 17.4 Å². The number of nitro benzene ring substituents is 1. The summed E-state index contributed by atoms with van der Waals surface area (Å²) >= 11 is 1.18. The van der Waals surface area contributed by atoms with Crippen LogP contribution in [0.15, 0.2) is 78.0 Å². The minimum atomic E-state index is -4.68. The first-order valence-corrected chi connectivity index (χ1v) is 11.2. The molecule has 0 unspecified atom stereocenters. The van der Waals surface area contributed by atoms with Crippen LogP contribution in [0, 0.1) is 17.0 Å². The highest BCUT2D eigenvalue weighted by molar-refractivity contribution is 7.98. The number of nitrogens with zero attached hydrogens (tertiary/aromatic N) is 4. The Hall–Kier alpha value is -3.66. The SMILES string of the molecule is Cc1ccc(-c2nnc(SCc3cc([N+](=O)[O-])cc(C(F)(F)F)c3)n2Cc2ccccc2)cc1. The van der Waals surface area contributed by atoms with Gasteiger partial charge in [-0.15, -0.1) is 10.2 Å². The van der Waals surface area contributed by atoms with Crippen molar-refractivity contribution in [1.29, 1.82) is 0 Å². The van der Waals surface area contributed by atoms with Crippen LogP contribution in [0.3, 0.4) is 0 Å². The summed E-state index contributed by atoms with van der Waals surface area (Å²) in [4.78, 5) is 10.3. The lowest BCUT2D eigenvalue weighted by Gasteiger charge is -2.12. The molecule has 0 saturated heterocycles. The molecule has 0 amide bonds. The van der Waals surface area contributed by atoms with Crippen LogP contribution in [-0.4, -0.2) is 19.7 Å². The third kappa shape index (κ3) is 5.45. The Labute approximate surface area is 197 Å². The summed E-state index contributed by atoms with van der Waals surface area (Å²) in [5.41, 5.74) is 1.49. The summed E-state index contributed by atoms with van der Waals surface area (Å²) < 4.78 is 41.6. The Morgan fingerprint density at radius 2 is 1.68 bits per heavy atom. The summed E-state index contributed by atoms with van der Waals surface area (Å²) in [5.74, 6) is 0.687. The lowest BCUT2D eigenvalue weighted by atomic mass is 10.1. The second-order valence-electron chi connectivity index (χ2n) is 7.68. The van der Waals surface area contributed by atoms with E-state index in [0.717, 1.165) is 28.8 Å². The molecule has 1 heterocycles. The van der Waals surface area contributed by atoms with Crippen molar-refractivity contribution in [3.8, 4) is 11.4 Å². The molecule has 0 atom stereocenters. The number of aryl methyl sites for hydroxylation is 1. The number of hydrogen-bond donors (Lipinski definition) is 0. The number of halogens is 3. The average Bonchev–Trinajstić information content (AvgIpc) is 3.20. The van der Waals surface area contributed by atoms with Gasteiger partial charge in [-0.2, -0.15) is 13.2 Å². The number of rotatable bonds is 7. The van der Waals surface area contributed by atoms with E-state index in [-0.39, 0.29) is 11.3 Å². The van der Waals surface area contributed by atoms with Crippen molar-refractivity contribution in [2.45, 2.75) is 30.6 Å². The second kappa shape index (κ2) is 9.68. The van der Waals surface area contributed by atoms with Crippen LogP contribution >= 0.6 is 11.8 Å². The van der Waals surface area contributed by atoms with E-state index in [4.69, 9.17) is 0 Å². The van der Waals surface area contributed by atoms with Gasteiger partial charge in [-0.25, -0.2) is 0 Å². The summed E-state index contributed by atoms with van der Waals surface area (Å²) in [6.45, 7) is 2.44. The minimum absolute atomic E-state index is 0.0611. The van der Waals surface area contributed by atoms with Gasteiger partial charge in [-0.1, -0.05) is 71.9 Å². The molecule has 0 N–H and O–H groups in total. The van der Waals surface area contributed by atoms with Crippen molar-refractivity contribution in [2.24, 2.45) is 0 Å². The van der Waals surface area contributed by atoms with Gasteiger partial charge in [0.25, 0.3) is 5.69 Å². The van der Waals surface area contributed by atoms with Crippen molar-refractivity contribution in [2.75, 3.05) is 0 Å². The Morgan fingerprint density at radius 1 is 0.971 bits per heavy atom. The van der Waals surface area contributed by atoms with Crippen LogP contribution in [0.4, 0.5) is 18.9 Å². The number of non-ortho nitro benzene ring substituents is 1. The molecule has 0 saturated carbocycles. The maximum Gasteiger partial charge on any atom is 0.416 e. The van der Waals surface area contributed by atoms with E-state index >= 15 is 0 Å². The lowest BCUT2D eigenvalue weighted by Crippen LogP contribution is -2.07. The number of nitro groups is 1. The van der Waals surface area contributed by atoms with Gasteiger partial charge in [0, 0.05) is 23.4 Å². The average molecular weight is 485 g/mol. The molecule has 0 aliphatic heterocycles. The van der Waals surface area contributed by atoms with E-state index in [9.17, 15) is 23.3 Å². The highest BCUT2D eigenvalue weighted by Gasteiger charge is 2.32. The van der Waals surface area contributed by atoms with Gasteiger partial charge in [0.2, 0.25) is 0 Å². The molecule has 0 bridgehead atoms. The van der Waals surface area contributed by atoms with Gasteiger partial charge in [0.1, 0.15) is 0 Å². The van der Waals surface area contributed by atoms with E-state index in [0.29, 0.717) is 23.6 Å². The Balaban J connectivity index is 1.68. The zero-order valence-corrected chi connectivity index (χ0v) is 18.8. The topological polar surface area (TPSA) is 73.8 Å². The van der Waals surface area contributed by atoms with Crippen molar-refractivity contribution in [3.63, 3.8) is 0 Å². The molecule has 4 aromatic rings. The number of alkyl halides is 3. The van der Waals surface area contributed by atoms with E-state index in [2.05, 4.69) is 10.2 Å². The van der Waals surface area contributed by atoms with E-state index in [1.807, 2.05) is 66.1 Å².